The number of nitrogens with one attached hydrogen (secondary N) is 1. The second-order valence-electron chi connectivity index (χ2n) is 4.42. The molecular formula is C13H13FN2OS. The van der Waals surface area contributed by atoms with E-state index in [-0.39, 0.29) is 11.7 Å². The van der Waals surface area contributed by atoms with Crippen LogP contribution in [0.15, 0.2) is 35.8 Å². The van der Waals surface area contributed by atoms with E-state index < -0.39 is 5.54 Å². The van der Waals surface area contributed by atoms with Crippen LogP contribution in [0.25, 0.3) is 0 Å². The van der Waals surface area contributed by atoms with Crippen LogP contribution in [0.1, 0.15) is 29.2 Å². The monoisotopic (exact) mass is 264 g/mol. The van der Waals surface area contributed by atoms with Crippen LogP contribution < -0.4 is 5.32 Å². The van der Waals surface area contributed by atoms with Crippen LogP contribution >= 0.6 is 11.3 Å². The number of thiazole rings is 1. The molecule has 0 unspecified atom stereocenters. The highest BCUT2D eigenvalue weighted by Gasteiger charge is 2.24. The topological polar surface area (TPSA) is 42.0 Å². The van der Waals surface area contributed by atoms with Gasteiger partial charge in [-0.15, -0.1) is 11.3 Å². The zero-order chi connectivity index (χ0) is 13.2. The number of halogens is 1. The maximum absolute atomic E-state index is 12.9. The molecule has 5 heteroatoms. The fourth-order valence-electron chi connectivity index (χ4n) is 1.61. The molecule has 2 rings (SSSR count). The predicted octanol–water partition coefficient (Wildman–Crippen LogP) is 2.95. The van der Waals surface area contributed by atoms with E-state index in [9.17, 15) is 9.18 Å². The lowest BCUT2D eigenvalue weighted by Gasteiger charge is -2.26. The molecule has 0 atom stereocenters. The summed E-state index contributed by atoms with van der Waals surface area (Å²) in [5, 5.41) is 5.05. The number of amides is 1. The maximum atomic E-state index is 12.9. The first-order valence-corrected chi connectivity index (χ1v) is 6.35. The Morgan fingerprint density at radius 2 is 2.00 bits per heavy atom. The van der Waals surface area contributed by atoms with Crippen LogP contribution in [0.3, 0.4) is 0 Å². The van der Waals surface area contributed by atoms with Crippen LogP contribution in [-0.4, -0.2) is 10.9 Å². The Morgan fingerprint density at radius 1 is 1.33 bits per heavy atom. The standard InChI is InChI=1S/C13H13FN2OS/c1-13(2,9-3-5-10(14)6-4-9)16-11(17)12-15-7-8-18-12/h3-8H,1-2H3,(H,16,17). The molecule has 1 N–H and O–H groups in total. The van der Waals surface area contributed by atoms with Crippen LogP contribution in [0.2, 0.25) is 0 Å². The van der Waals surface area contributed by atoms with Crippen molar-refractivity contribution in [1.82, 2.24) is 10.3 Å². The Labute approximate surface area is 109 Å². The average molecular weight is 264 g/mol. The molecule has 1 aromatic heterocycles. The van der Waals surface area contributed by atoms with Crippen molar-refractivity contribution in [2.24, 2.45) is 0 Å². The van der Waals surface area contributed by atoms with Gasteiger partial charge in [0, 0.05) is 11.6 Å². The number of hydrogen-bond acceptors (Lipinski definition) is 3. The number of carbonyl (C=O) groups is 1. The van der Waals surface area contributed by atoms with Gasteiger partial charge in [-0.3, -0.25) is 4.79 Å². The zero-order valence-corrected chi connectivity index (χ0v) is 10.9. The van der Waals surface area contributed by atoms with E-state index >= 15 is 0 Å². The van der Waals surface area contributed by atoms with E-state index in [4.69, 9.17) is 0 Å². The van der Waals surface area contributed by atoms with Crippen molar-refractivity contribution >= 4 is 17.2 Å². The first-order valence-electron chi connectivity index (χ1n) is 5.47. The SMILES string of the molecule is CC(C)(NC(=O)c1nccs1)c1ccc(F)cc1. The van der Waals surface area contributed by atoms with Crippen molar-refractivity contribution in [3.63, 3.8) is 0 Å². The van der Waals surface area contributed by atoms with Crippen molar-refractivity contribution < 1.29 is 9.18 Å². The number of carbonyl (C=O) groups excluding carboxylic acids is 1. The third-order valence-corrected chi connectivity index (χ3v) is 3.39. The van der Waals surface area contributed by atoms with Crippen molar-refractivity contribution in [3.05, 3.63) is 52.2 Å². The molecule has 18 heavy (non-hydrogen) atoms. The molecule has 0 aliphatic heterocycles. The summed E-state index contributed by atoms with van der Waals surface area (Å²) in [6.07, 6.45) is 1.59. The number of aromatic nitrogens is 1. The smallest absolute Gasteiger partial charge is 0.280 e. The van der Waals surface area contributed by atoms with Crippen molar-refractivity contribution in [2.45, 2.75) is 19.4 Å². The van der Waals surface area contributed by atoms with Gasteiger partial charge >= 0.3 is 0 Å². The molecule has 0 aliphatic carbocycles. The molecule has 0 bridgehead atoms. The Hall–Kier alpha value is -1.75. The fraction of sp³-hybridized carbons (Fsp3) is 0.231. The molecule has 0 spiro atoms. The number of benzene rings is 1. The van der Waals surface area contributed by atoms with E-state index in [2.05, 4.69) is 10.3 Å². The Bertz CT molecular complexity index is 535. The first-order chi connectivity index (χ1) is 8.49. The van der Waals surface area contributed by atoms with Gasteiger partial charge in [0.25, 0.3) is 5.91 Å². The lowest BCUT2D eigenvalue weighted by molar-refractivity contribution is 0.0911. The van der Waals surface area contributed by atoms with Crippen molar-refractivity contribution in [1.29, 1.82) is 0 Å². The minimum absolute atomic E-state index is 0.223. The summed E-state index contributed by atoms with van der Waals surface area (Å²) in [6, 6.07) is 6.09. The maximum Gasteiger partial charge on any atom is 0.280 e. The van der Waals surface area contributed by atoms with Crippen LogP contribution in [0.4, 0.5) is 4.39 Å². The molecule has 2 aromatic rings. The summed E-state index contributed by atoms with van der Waals surface area (Å²) in [6.45, 7) is 3.73. The molecule has 0 saturated heterocycles. The second kappa shape index (κ2) is 4.86. The van der Waals surface area contributed by atoms with Crippen molar-refractivity contribution in [2.75, 3.05) is 0 Å². The first kappa shape index (κ1) is 12.7. The van der Waals surface area contributed by atoms with Gasteiger partial charge in [0.05, 0.1) is 5.54 Å². The second-order valence-corrected chi connectivity index (χ2v) is 5.32. The predicted molar refractivity (Wildman–Crippen MR) is 69.0 cm³/mol. The highest BCUT2D eigenvalue weighted by atomic mass is 32.1. The minimum Gasteiger partial charge on any atom is -0.341 e. The van der Waals surface area contributed by atoms with Gasteiger partial charge in [-0.2, -0.15) is 0 Å². The number of nitrogens with zero attached hydrogens (tertiary/aromatic N) is 1. The Kier molecular flexibility index (Phi) is 3.43. The highest BCUT2D eigenvalue weighted by molar-refractivity contribution is 7.11. The summed E-state index contributed by atoms with van der Waals surface area (Å²) in [5.74, 6) is -0.514. The van der Waals surface area contributed by atoms with Gasteiger partial charge < -0.3 is 5.32 Å². The molecule has 1 amide bonds. The highest BCUT2D eigenvalue weighted by Crippen LogP contribution is 2.21. The Balaban J connectivity index is 2.16. The molecule has 0 saturated carbocycles. The summed E-state index contributed by atoms with van der Waals surface area (Å²) >= 11 is 1.29. The third-order valence-electron chi connectivity index (χ3n) is 2.62. The molecule has 1 heterocycles. The summed E-state index contributed by atoms with van der Waals surface area (Å²) in [5.41, 5.74) is 0.269. The van der Waals surface area contributed by atoms with Gasteiger partial charge in [-0.1, -0.05) is 12.1 Å². The number of rotatable bonds is 3. The lowest BCUT2D eigenvalue weighted by atomic mass is 9.94. The van der Waals surface area contributed by atoms with E-state index in [1.54, 1.807) is 23.7 Å². The van der Waals surface area contributed by atoms with Gasteiger partial charge in [0.2, 0.25) is 0 Å². The van der Waals surface area contributed by atoms with Gasteiger partial charge in [0.1, 0.15) is 5.82 Å². The molecule has 0 fully saturated rings. The van der Waals surface area contributed by atoms with Gasteiger partial charge in [0.15, 0.2) is 5.01 Å². The fourth-order valence-corrected chi connectivity index (χ4v) is 2.14. The summed E-state index contributed by atoms with van der Waals surface area (Å²) in [4.78, 5) is 15.9. The summed E-state index contributed by atoms with van der Waals surface area (Å²) < 4.78 is 12.9. The molecule has 0 radical (unpaired) electrons. The van der Waals surface area contributed by atoms with E-state index in [1.165, 1.54) is 23.5 Å². The quantitative estimate of drug-likeness (QED) is 0.926. The average Bonchev–Trinajstić information content (AvgIpc) is 2.82. The molecule has 0 aliphatic rings. The van der Waals surface area contributed by atoms with Gasteiger partial charge in [-0.05, 0) is 31.5 Å². The Morgan fingerprint density at radius 3 is 2.56 bits per heavy atom. The molecule has 94 valence electrons. The van der Waals surface area contributed by atoms with Crippen LogP contribution in [0, 0.1) is 5.82 Å². The van der Waals surface area contributed by atoms with E-state index in [1.807, 2.05) is 13.8 Å². The number of hydrogen-bond donors (Lipinski definition) is 1. The third kappa shape index (κ3) is 2.73. The van der Waals surface area contributed by atoms with E-state index in [0.29, 0.717) is 5.01 Å². The normalized spacial score (nSPS) is 11.3. The largest absolute Gasteiger partial charge is 0.341 e. The van der Waals surface area contributed by atoms with Crippen molar-refractivity contribution in [3.8, 4) is 0 Å². The lowest BCUT2D eigenvalue weighted by Crippen LogP contribution is -2.40. The molecule has 1 aromatic carbocycles. The minimum atomic E-state index is -0.573. The van der Waals surface area contributed by atoms with Gasteiger partial charge in [-0.25, -0.2) is 9.37 Å². The molecular weight excluding hydrogens is 251 g/mol. The van der Waals surface area contributed by atoms with Crippen LogP contribution in [-0.2, 0) is 5.54 Å². The zero-order valence-electron chi connectivity index (χ0n) is 10.1. The van der Waals surface area contributed by atoms with Crippen LogP contribution in [0.5, 0.6) is 0 Å². The van der Waals surface area contributed by atoms with E-state index in [0.717, 1.165) is 5.56 Å². The summed E-state index contributed by atoms with van der Waals surface area (Å²) in [7, 11) is 0. The molecule has 3 nitrogen and oxygen atoms in total.